The first-order chi connectivity index (χ1) is 14.0. The fourth-order valence-electron chi connectivity index (χ4n) is 4.70. The van der Waals surface area contributed by atoms with Crippen molar-refractivity contribution in [3.63, 3.8) is 0 Å². The lowest BCUT2D eigenvalue weighted by molar-refractivity contribution is 0.0626. The monoisotopic (exact) mass is 457 g/mol. The minimum atomic E-state index is 0.312. The molecule has 0 atom stereocenters. The number of aromatic nitrogens is 1. The van der Waals surface area contributed by atoms with Crippen LogP contribution in [0.1, 0.15) is 44.3 Å². The standard InChI is InChI=1S/C14H14BrN3O.C8H14N2/c15-13-11-6-10(7-16)19-12(11)8-17-14(13)18-9-4-2-1-3-5-9;1-7-8(3-4-9-7)5-10(2)6-8/h6,8-9H,1-5H2,(H,17,18);9H,1,3-6H2,2H3. The van der Waals surface area contributed by atoms with Crippen LogP contribution in [0.3, 0.4) is 0 Å². The summed E-state index contributed by atoms with van der Waals surface area (Å²) in [5.41, 5.74) is 2.37. The van der Waals surface area contributed by atoms with Gasteiger partial charge < -0.3 is 20.0 Å². The van der Waals surface area contributed by atoms with Gasteiger partial charge in [0, 0.05) is 48.2 Å². The normalized spacial score (nSPS) is 21.2. The van der Waals surface area contributed by atoms with Gasteiger partial charge >= 0.3 is 0 Å². The van der Waals surface area contributed by atoms with Crippen molar-refractivity contribution in [1.82, 2.24) is 15.2 Å². The van der Waals surface area contributed by atoms with Gasteiger partial charge in [-0.1, -0.05) is 25.8 Å². The van der Waals surface area contributed by atoms with Gasteiger partial charge in [-0.3, -0.25) is 0 Å². The molecular formula is C22H28BrN5O. The van der Waals surface area contributed by atoms with E-state index in [0.29, 0.717) is 22.8 Å². The Morgan fingerprint density at radius 1 is 1.38 bits per heavy atom. The van der Waals surface area contributed by atoms with E-state index in [0.717, 1.165) is 22.2 Å². The largest absolute Gasteiger partial charge is 0.444 e. The lowest BCUT2D eigenvalue weighted by Gasteiger charge is -2.46. The Morgan fingerprint density at radius 2 is 2.14 bits per heavy atom. The number of nitrogens with one attached hydrogen (secondary N) is 2. The molecule has 0 unspecified atom stereocenters. The average molecular weight is 458 g/mol. The lowest BCUT2D eigenvalue weighted by Crippen LogP contribution is -2.54. The van der Waals surface area contributed by atoms with E-state index < -0.39 is 0 Å². The highest BCUT2D eigenvalue weighted by atomic mass is 79.9. The van der Waals surface area contributed by atoms with Crippen molar-refractivity contribution < 1.29 is 4.42 Å². The zero-order chi connectivity index (χ0) is 20.4. The Hall–Kier alpha value is -2.04. The molecule has 2 saturated heterocycles. The van der Waals surface area contributed by atoms with E-state index >= 15 is 0 Å². The van der Waals surface area contributed by atoms with E-state index in [1.165, 1.54) is 57.3 Å². The van der Waals surface area contributed by atoms with E-state index in [1.54, 1.807) is 12.3 Å². The van der Waals surface area contributed by atoms with Gasteiger partial charge in [0.05, 0.1) is 10.7 Å². The topological polar surface area (TPSA) is 77.1 Å². The van der Waals surface area contributed by atoms with E-state index in [-0.39, 0.29) is 0 Å². The second-order valence-corrected chi connectivity index (χ2v) is 9.30. The fraction of sp³-hybridized carbons (Fsp3) is 0.545. The molecule has 3 aliphatic rings. The molecule has 2 aromatic rings. The number of rotatable bonds is 2. The maximum Gasteiger partial charge on any atom is 0.204 e. The second-order valence-electron chi connectivity index (χ2n) is 8.51. The number of anilines is 1. The predicted octanol–water partition coefficient (Wildman–Crippen LogP) is 4.63. The zero-order valence-corrected chi connectivity index (χ0v) is 18.5. The molecule has 29 heavy (non-hydrogen) atoms. The van der Waals surface area contributed by atoms with Gasteiger partial charge in [0.2, 0.25) is 5.76 Å². The fourth-order valence-corrected chi connectivity index (χ4v) is 5.23. The Bertz CT molecular complexity index is 935. The summed E-state index contributed by atoms with van der Waals surface area (Å²) in [4.78, 5) is 6.73. The van der Waals surface area contributed by atoms with Gasteiger partial charge in [-0.2, -0.15) is 5.26 Å². The van der Waals surface area contributed by atoms with Crippen molar-refractivity contribution in [2.24, 2.45) is 5.41 Å². The average Bonchev–Trinajstić information content (AvgIpc) is 3.30. The van der Waals surface area contributed by atoms with Crippen molar-refractivity contribution in [2.45, 2.75) is 44.6 Å². The van der Waals surface area contributed by atoms with Crippen LogP contribution in [0, 0.1) is 16.7 Å². The number of nitrogens with zero attached hydrogens (tertiary/aromatic N) is 3. The van der Waals surface area contributed by atoms with Crippen LogP contribution >= 0.6 is 15.9 Å². The Morgan fingerprint density at radius 3 is 2.76 bits per heavy atom. The molecule has 1 aliphatic carbocycles. The molecule has 2 aromatic heterocycles. The van der Waals surface area contributed by atoms with Crippen molar-refractivity contribution in [3.05, 3.63) is 34.8 Å². The first-order valence-electron chi connectivity index (χ1n) is 10.4. The highest BCUT2D eigenvalue weighted by Gasteiger charge is 2.45. The number of furan rings is 1. The Labute approximate surface area is 180 Å². The van der Waals surface area contributed by atoms with Gasteiger partial charge in [0.15, 0.2) is 5.58 Å². The minimum Gasteiger partial charge on any atom is -0.444 e. The van der Waals surface area contributed by atoms with Crippen LogP contribution < -0.4 is 10.6 Å². The predicted molar refractivity (Wildman–Crippen MR) is 119 cm³/mol. The molecule has 0 aromatic carbocycles. The first kappa shape index (κ1) is 20.2. The SMILES string of the molecule is C=C1NCCC12CN(C)C2.N#Cc1cc2c(Br)c(NC3CCCCC3)ncc2o1. The van der Waals surface area contributed by atoms with Crippen molar-refractivity contribution in [3.8, 4) is 6.07 Å². The van der Waals surface area contributed by atoms with Crippen LogP contribution in [0.5, 0.6) is 0 Å². The third-order valence-electron chi connectivity index (χ3n) is 6.30. The van der Waals surface area contributed by atoms with Gasteiger partial charge in [-0.25, -0.2) is 4.98 Å². The summed E-state index contributed by atoms with van der Waals surface area (Å²) in [5, 5.41) is 16.6. The molecule has 1 spiro atoms. The highest BCUT2D eigenvalue weighted by Crippen LogP contribution is 2.41. The molecule has 4 heterocycles. The highest BCUT2D eigenvalue weighted by molar-refractivity contribution is 9.10. The molecule has 2 N–H and O–H groups in total. The maximum absolute atomic E-state index is 8.86. The number of pyridine rings is 1. The van der Waals surface area contributed by atoms with Crippen LogP contribution in [0.25, 0.3) is 11.0 Å². The van der Waals surface area contributed by atoms with E-state index in [4.69, 9.17) is 9.68 Å². The number of likely N-dealkylation sites (tertiary alicyclic amines) is 1. The van der Waals surface area contributed by atoms with Crippen LogP contribution in [-0.4, -0.2) is 42.6 Å². The van der Waals surface area contributed by atoms with Crippen molar-refractivity contribution in [1.29, 1.82) is 5.26 Å². The number of nitriles is 1. The zero-order valence-electron chi connectivity index (χ0n) is 16.9. The summed E-state index contributed by atoms with van der Waals surface area (Å²) >= 11 is 3.56. The minimum absolute atomic E-state index is 0.312. The molecule has 5 rings (SSSR count). The maximum atomic E-state index is 8.86. The smallest absolute Gasteiger partial charge is 0.204 e. The number of hydrogen-bond donors (Lipinski definition) is 2. The molecule has 154 valence electrons. The summed E-state index contributed by atoms with van der Waals surface area (Å²) in [6.07, 6.45) is 9.24. The summed E-state index contributed by atoms with van der Waals surface area (Å²) in [5.74, 6) is 1.15. The number of hydrogen-bond acceptors (Lipinski definition) is 6. The third kappa shape index (κ3) is 4.15. The summed E-state index contributed by atoms with van der Waals surface area (Å²) in [7, 11) is 2.16. The summed E-state index contributed by atoms with van der Waals surface area (Å²) < 4.78 is 6.24. The van der Waals surface area contributed by atoms with E-state index in [9.17, 15) is 0 Å². The summed E-state index contributed by atoms with van der Waals surface area (Å²) in [6.45, 7) is 7.57. The quantitative estimate of drug-likeness (QED) is 0.684. The van der Waals surface area contributed by atoms with Crippen molar-refractivity contribution in [2.75, 3.05) is 32.0 Å². The Kier molecular flexibility index (Phi) is 5.84. The molecular weight excluding hydrogens is 430 g/mol. The Balaban J connectivity index is 0.000000171. The van der Waals surface area contributed by atoms with Crippen LogP contribution in [0.15, 0.2) is 33.4 Å². The molecule has 6 nitrogen and oxygen atoms in total. The van der Waals surface area contributed by atoms with E-state index in [2.05, 4.69) is 50.1 Å². The lowest BCUT2D eigenvalue weighted by atomic mass is 9.77. The van der Waals surface area contributed by atoms with Gasteiger partial charge in [-0.05, 0) is 42.2 Å². The van der Waals surface area contributed by atoms with E-state index in [1.807, 2.05) is 6.07 Å². The third-order valence-corrected chi connectivity index (χ3v) is 7.10. The van der Waals surface area contributed by atoms with Crippen LogP contribution in [0.2, 0.25) is 0 Å². The van der Waals surface area contributed by atoms with Crippen LogP contribution in [0.4, 0.5) is 5.82 Å². The molecule has 1 saturated carbocycles. The molecule has 2 aliphatic heterocycles. The molecule has 7 heteroatoms. The van der Waals surface area contributed by atoms with Crippen LogP contribution in [-0.2, 0) is 0 Å². The van der Waals surface area contributed by atoms with Gasteiger partial charge in [0.1, 0.15) is 11.9 Å². The molecule has 0 bridgehead atoms. The number of halogens is 1. The molecule has 3 fully saturated rings. The number of fused-ring (bicyclic) bond motifs is 1. The summed E-state index contributed by atoms with van der Waals surface area (Å²) in [6, 6.07) is 4.25. The first-order valence-corrected chi connectivity index (χ1v) is 11.2. The van der Waals surface area contributed by atoms with Crippen molar-refractivity contribution >= 4 is 32.7 Å². The molecule has 0 amide bonds. The van der Waals surface area contributed by atoms with Gasteiger partial charge in [-0.15, -0.1) is 0 Å². The van der Waals surface area contributed by atoms with Gasteiger partial charge in [0.25, 0.3) is 0 Å². The second kappa shape index (κ2) is 8.37. The molecule has 0 radical (unpaired) electrons.